The first-order valence-corrected chi connectivity index (χ1v) is 11.4. The zero-order valence-corrected chi connectivity index (χ0v) is 18.1. The first kappa shape index (κ1) is 22.0. The summed E-state index contributed by atoms with van der Waals surface area (Å²) in [5.41, 5.74) is 1.71. The van der Waals surface area contributed by atoms with Gasteiger partial charge in [-0.05, 0) is 17.7 Å². The number of aromatic nitrogens is 1. The van der Waals surface area contributed by atoms with E-state index < -0.39 is 5.97 Å². The molecule has 1 aliphatic heterocycles. The van der Waals surface area contributed by atoms with E-state index in [0.29, 0.717) is 23.2 Å². The zero-order valence-electron chi connectivity index (χ0n) is 15.7. The number of carboxylic acids is 1. The summed E-state index contributed by atoms with van der Waals surface area (Å²) in [5, 5.41) is 14.1. The average Bonchev–Trinajstić information content (AvgIpc) is 3.13. The minimum atomic E-state index is -0.915. The van der Waals surface area contributed by atoms with Crippen molar-refractivity contribution in [1.29, 1.82) is 0 Å². The summed E-state index contributed by atoms with van der Waals surface area (Å²) in [6.07, 6.45) is -0.151. The highest BCUT2D eigenvalue weighted by Crippen LogP contribution is 2.22. The quantitative estimate of drug-likeness (QED) is 0.561. The second-order valence-corrected chi connectivity index (χ2v) is 9.14. The molecule has 0 saturated carbocycles. The predicted octanol–water partition coefficient (Wildman–Crippen LogP) is 2.53. The predicted molar refractivity (Wildman–Crippen MR) is 114 cm³/mol. The molecule has 1 aromatic heterocycles. The largest absolute Gasteiger partial charge is 0.481 e. The van der Waals surface area contributed by atoms with E-state index in [9.17, 15) is 9.59 Å². The van der Waals surface area contributed by atoms with Crippen molar-refractivity contribution < 1.29 is 19.4 Å². The Morgan fingerprint density at radius 2 is 2.17 bits per heavy atom. The molecule has 0 radical (unpaired) electrons. The van der Waals surface area contributed by atoms with Crippen LogP contribution < -0.4 is 5.32 Å². The molecule has 0 bridgehead atoms. The summed E-state index contributed by atoms with van der Waals surface area (Å²) in [4.78, 5) is 29.3. The molecule has 1 aliphatic rings. The molecule has 1 aromatic carbocycles. The SMILES string of the molecule is O=C(O)Cc1csc(SCC(=O)NC[C@H]2CN(Cc3ccc(Cl)cc3)CCO2)n1. The van der Waals surface area contributed by atoms with Crippen LogP contribution in [0.25, 0.3) is 0 Å². The van der Waals surface area contributed by atoms with Crippen molar-refractivity contribution in [3.05, 3.63) is 45.9 Å². The van der Waals surface area contributed by atoms with Crippen LogP contribution in [-0.4, -0.2) is 65.0 Å². The normalized spacial score (nSPS) is 17.2. The fourth-order valence-electron chi connectivity index (χ4n) is 2.89. The van der Waals surface area contributed by atoms with Crippen LogP contribution in [-0.2, 0) is 27.3 Å². The number of thiazole rings is 1. The summed E-state index contributed by atoms with van der Waals surface area (Å²) in [6.45, 7) is 3.52. The third kappa shape index (κ3) is 7.60. The van der Waals surface area contributed by atoms with Gasteiger partial charge >= 0.3 is 5.97 Å². The van der Waals surface area contributed by atoms with Crippen LogP contribution in [0.3, 0.4) is 0 Å². The van der Waals surface area contributed by atoms with Gasteiger partial charge < -0.3 is 15.2 Å². The molecule has 1 fully saturated rings. The fraction of sp³-hybridized carbons (Fsp3) is 0.421. The lowest BCUT2D eigenvalue weighted by atomic mass is 10.2. The van der Waals surface area contributed by atoms with Gasteiger partial charge in [-0.3, -0.25) is 14.5 Å². The first-order valence-electron chi connectivity index (χ1n) is 9.12. The van der Waals surface area contributed by atoms with Gasteiger partial charge in [0.15, 0.2) is 4.34 Å². The molecular formula is C19H22ClN3O4S2. The number of halogens is 1. The van der Waals surface area contributed by atoms with Gasteiger partial charge in [0.05, 0.1) is 30.6 Å². The van der Waals surface area contributed by atoms with Crippen LogP contribution in [0.4, 0.5) is 0 Å². The Kier molecular flexibility index (Phi) is 8.31. The minimum Gasteiger partial charge on any atom is -0.481 e. The van der Waals surface area contributed by atoms with Crippen molar-refractivity contribution in [1.82, 2.24) is 15.2 Å². The number of carbonyl (C=O) groups excluding carboxylic acids is 1. The maximum absolute atomic E-state index is 12.1. The lowest BCUT2D eigenvalue weighted by Crippen LogP contribution is -2.47. The highest BCUT2D eigenvalue weighted by molar-refractivity contribution is 8.01. The Balaban J connectivity index is 1.37. The van der Waals surface area contributed by atoms with Crippen molar-refractivity contribution in [2.75, 3.05) is 32.0 Å². The second kappa shape index (κ2) is 10.9. The number of nitrogens with one attached hydrogen (secondary N) is 1. The van der Waals surface area contributed by atoms with Gasteiger partial charge in [-0.25, -0.2) is 4.98 Å². The summed E-state index contributed by atoms with van der Waals surface area (Å²) in [6, 6.07) is 7.82. The standard InChI is InChI=1S/C19H22ClN3O4S2/c20-14-3-1-13(2-4-14)9-23-5-6-27-16(10-23)8-21-17(24)12-29-19-22-15(11-28-19)7-18(25)26/h1-4,11,16H,5-10,12H2,(H,21,24)(H,25,26)/t16-/m0/s1. The van der Waals surface area contributed by atoms with Crippen molar-refractivity contribution in [3.63, 3.8) is 0 Å². The van der Waals surface area contributed by atoms with Crippen molar-refractivity contribution in [2.24, 2.45) is 0 Å². The number of nitrogens with zero attached hydrogens (tertiary/aromatic N) is 2. The molecule has 2 aromatic rings. The number of rotatable bonds is 9. The van der Waals surface area contributed by atoms with Gasteiger partial charge in [-0.15, -0.1) is 11.3 Å². The number of hydrogen-bond acceptors (Lipinski definition) is 7. The van der Waals surface area contributed by atoms with E-state index in [4.69, 9.17) is 21.4 Å². The highest BCUT2D eigenvalue weighted by Gasteiger charge is 2.21. The third-order valence-electron chi connectivity index (χ3n) is 4.26. The smallest absolute Gasteiger partial charge is 0.309 e. The molecule has 7 nitrogen and oxygen atoms in total. The van der Waals surface area contributed by atoms with Gasteiger partial charge in [-0.1, -0.05) is 35.5 Å². The summed E-state index contributed by atoms with van der Waals surface area (Å²) in [7, 11) is 0. The van der Waals surface area contributed by atoms with Gasteiger partial charge in [0.1, 0.15) is 0 Å². The maximum atomic E-state index is 12.1. The second-order valence-electron chi connectivity index (χ2n) is 6.62. The molecule has 0 spiro atoms. The number of thioether (sulfide) groups is 1. The van der Waals surface area contributed by atoms with E-state index in [1.54, 1.807) is 5.38 Å². The summed E-state index contributed by atoms with van der Waals surface area (Å²) < 4.78 is 6.46. The molecule has 3 rings (SSSR count). The van der Waals surface area contributed by atoms with Crippen LogP contribution in [0.1, 0.15) is 11.3 Å². The van der Waals surface area contributed by atoms with Crippen LogP contribution >= 0.6 is 34.7 Å². The van der Waals surface area contributed by atoms with E-state index >= 15 is 0 Å². The van der Waals surface area contributed by atoms with E-state index in [1.165, 1.54) is 28.7 Å². The number of hydrogen-bond donors (Lipinski definition) is 2. The van der Waals surface area contributed by atoms with Crippen LogP contribution in [0.15, 0.2) is 34.0 Å². The molecule has 0 aliphatic carbocycles. The number of morpholine rings is 1. The van der Waals surface area contributed by atoms with Crippen molar-refractivity contribution >= 4 is 46.6 Å². The maximum Gasteiger partial charge on any atom is 0.309 e. The van der Waals surface area contributed by atoms with Crippen LogP contribution in [0.5, 0.6) is 0 Å². The zero-order chi connectivity index (χ0) is 20.6. The molecule has 1 atom stereocenters. The highest BCUT2D eigenvalue weighted by atomic mass is 35.5. The minimum absolute atomic E-state index is 0.0490. The Labute approximate surface area is 182 Å². The van der Waals surface area contributed by atoms with Crippen LogP contribution in [0.2, 0.25) is 5.02 Å². The van der Waals surface area contributed by atoms with Crippen molar-refractivity contribution in [3.8, 4) is 0 Å². The molecule has 2 heterocycles. The average molecular weight is 456 g/mol. The lowest BCUT2D eigenvalue weighted by Gasteiger charge is -2.33. The molecule has 29 heavy (non-hydrogen) atoms. The first-order chi connectivity index (χ1) is 14.0. The Morgan fingerprint density at radius 3 is 2.93 bits per heavy atom. The van der Waals surface area contributed by atoms with E-state index in [1.807, 2.05) is 24.3 Å². The van der Waals surface area contributed by atoms with Gasteiger partial charge in [-0.2, -0.15) is 0 Å². The van der Waals surface area contributed by atoms with E-state index in [0.717, 1.165) is 24.7 Å². The molecule has 1 saturated heterocycles. The van der Waals surface area contributed by atoms with Gasteiger partial charge in [0, 0.05) is 36.6 Å². The molecule has 156 valence electrons. The molecule has 10 heteroatoms. The molecule has 1 amide bonds. The van der Waals surface area contributed by atoms with Crippen molar-refractivity contribution in [2.45, 2.75) is 23.4 Å². The number of carbonyl (C=O) groups is 2. The fourth-order valence-corrected chi connectivity index (χ4v) is 4.69. The Morgan fingerprint density at radius 1 is 1.38 bits per heavy atom. The van der Waals surface area contributed by atoms with E-state index in [2.05, 4.69) is 15.2 Å². The topological polar surface area (TPSA) is 91.8 Å². The van der Waals surface area contributed by atoms with Gasteiger partial charge in [0.2, 0.25) is 5.91 Å². The lowest BCUT2D eigenvalue weighted by molar-refractivity contribution is -0.136. The Hall–Kier alpha value is -1.65. The number of aliphatic carboxylic acids is 1. The van der Waals surface area contributed by atoms with E-state index in [-0.39, 0.29) is 24.2 Å². The number of carboxylic acid groups (broad SMARTS) is 1. The summed E-state index contributed by atoms with van der Waals surface area (Å²) >= 11 is 8.59. The molecule has 2 N–H and O–H groups in total. The Bertz CT molecular complexity index is 831. The molecular weight excluding hydrogens is 434 g/mol. The molecule has 0 unspecified atom stereocenters. The monoisotopic (exact) mass is 455 g/mol. The number of amides is 1. The summed E-state index contributed by atoms with van der Waals surface area (Å²) in [5.74, 6) is -0.771. The third-order valence-corrected chi connectivity index (χ3v) is 6.58. The van der Waals surface area contributed by atoms with Gasteiger partial charge in [0.25, 0.3) is 0 Å². The van der Waals surface area contributed by atoms with Crippen LogP contribution in [0, 0.1) is 0 Å². The number of ether oxygens (including phenoxy) is 1. The number of benzene rings is 1.